The molecule has 108 valence electrons. The van der Waals surface area contributed by atoms with Gasteiger partial charge in [-0.25, -0.2) is 0 Å². The Morgan fingerprint density at radius 1 is 1.37 bits per heavy atom. The first-order valence-corrected chi connectivity index (χ1v) is 6.74. The number of halogens is 2. The third kappa shape index (κ3) is 5.25. The first-order valence-electron chi connectivity index (χ1n) is 6.37. The second kappa shape index (κ2) is 8.23. The topological polar surface area (TPSA) is 30.5 Å². The zero-order chi connectivity index (χ0) is 14.3. The van der Waals surface area contributed by atoms with Gasteiger partial charge in [0.05, 0.1) is 20.4 Å². The molecule has 0 amide bonds. The Kier molecular flexibility index (Phi) is 6.95. The predicted octanol–water partition coefficient (Wildman–Crippen LogP) is 3.59. The van der Waals surface area contributed by atoms with Crippen molar-refractivity contribution in [2.75, 3.05) is 20.4 Å². The number of hydrogen-bond donors (Lipinski definition) is 1. The van der Waals surface area contributed by atoms with E-state index < -0.39 is 6.67 Å². The maximum atomic E-state index is 12.2. The minimum Gasteiger partial charge on any atom is -0.493 e. The summed E-state index contributed by atoms with van der Waals surface area (Å²) in [6.07, 6.45) is 0.364. The highest BCUT2D eigenvalue weighted by Gasteiger charge is 2.13. The largest absolute Gasteiger partial charge is 0.493 e. The van der Waals surface area contributed by atoms with Crippen molar-refractivity contribution < 1.29 is 13.9 Å². The minimum atomic E-state index is -0.393. The average Bonchev–Trinajstić information content (AvgIpc) is 2.37. The molecule has 0 unspecified atom stereocenters. The van der Waals surface area contributed by atoms with Gasteiger partial charge in [0.15, 0.2) is 11.5 Å². The van der Waals surface area contributed by atoms with Gasteiger partial charge in [-0.05, 0) is 6.07 Å². The van der Waals surface area contributed by atoms with Crippen LogP contribution in [0.15, 0.2) is 12.1 Å². The van der Waals surface area contributed by atoms with E-state index >= 15 is 0 Å². The fourth-order valence-electron chi connectivity index (χ4n) is 1.61. The van der Waals surface area contributed by atoms with Crippen LogP contribution in [-0.2, 0) is 6.54 Å². The normalized spacial score (nSPS) is 10.8. The molecule has 0 spiro atoms. The average molecular weight is 290 g/mol. The van der Waals surface area contributed by atoms with E-state index in [-0.39, 0.29) is 0 Å². The second-order valence-electron chi connectivity index (χ2n) is 4.52. The lowest BCUT2D eigenvalue weighted by Gasteiger charge is -2.17. The molecule has 0 bridgehead atoms. The maximum absolute atomic E-state index is 12.2. The standard InChI is InChI=1S/C14H21ClFNO2/c1-10(2)17-9-11-7-12(15)8-13(18-3)14(11)19-6-4-5-16/h7-8,10,17H,4-6,9H2,1-3H3. The summed E-state index contributed by atoms with van der Waals surface area (Å²) >= 11 is 6.05. The van der Waals surface area contributed by atoms with Crippen LogP contribution in [0, 0.1) is 0 Å². The van der Waals surface area contributed by atoms with Crippen molar-refractivity contribution in [3.63, 3.8) is 0 Å². The van der Waals surface area contributed by atoms with Gasteiger partial charge in [-0.2, -0.15) is 0 Å². The first kappa shape index (κ1) is 16.1. The van der Waals surface area contributed by atoms with Gasteiger partial charge in [0.25, 0.3) is 0 Å². The van der Waals surface area contributed by atoms with Crippen LogP contribution in [0.2, 0.25) is 5.02 Å². The van der Waals surface area contributed by atoms with Crippen molar-refractivity contribution in [1.29, 1.82) is 0 Å². The van der Waals surface area contributed by atoms with Gasteiger partial charge in [0, 0.05) is 35.7 Å². The van der Waals surface area contributed by atoms with Gasteiger partial charge >= 0.3 is 0 Å². The zero-order valence-corrected chi connectivity index (χ0v) is 12.4. The number of methoxy groups -OCH3 is 1. The van der Waals surface area contributed by atoms with Crippen LogP contribution in [0.1, 0.15) is 25.8 Å². The predicted molar refractivity (Wildman–Crippen MR) is 76.1 cm³/mol. The quantitative estimate of drug-likeness (QED) is 0.742. The summed E-state index contributed by atoms with van der Waals surface area (Å²) < 4.78 is 23.0. The molecule has 1 rings (SSSR count). The van der Waals surface area contributed by atoms with Crippen LogP contribution in [0.4, 0.5) is 4.39 Å². The van der Waals surface area contributed by atoms with Crippen molar-refractivity contribution in [3.05, 3.63) is 22.7 Å². The number of nitrogens with one attached hydrogen (secondary N) is 1. The van der Waals surface area contributed by atoms with E-state index in [1.165, 1.54) is 0 Å². The Balaban J connectivity index is 2.92. The summed E-state index contributed by atoms with van der Waals surface area (Å²) in [6.45, 7) is 4.68. The molecule has 1 aromatic rings. The van der Waals surface area contributed by atoms with Crippen LogP contribution in [0.3, 0.4) is 0 Å². The van der Waals surface area contributed by atoms with Crippen molar-refractivity contribution in [3.8, 4) is 11.5 Å². The van der Waals surface area contributed by atoms with Crippen LogP contribution in [-0.4, -0.2) is 26.4 Å². The lowest BCUT2D eigenvalue weighted by Crippen LogP contribution is -2.22. The molecule has 0 aliphatic heterocycles. The Labute approximate surface area is 119 Å². The molecule has 0 aliphatic rings. The highest BCUT2D eigenvalue weighted by atomic mass is 35.5. The van der Waals surface area contributed by atoms with Crippen molar-refractivity contribution in [1.82, 2.24) is 5.32 Å². The lowest BCUT2D eigenvalue weighted by atomic mass is 10.1. The summed E-state index contributed by atoms with van der Waals surface area (Å²) in [5.41, 5.74) is 0.914. The van der Waals surface area contributed by atoms with Gasteiger partial charge in [-0.15, -0.1) is 0 Å². The highest BCUT2D eigenvalue weighted by molar-refractivity contribution is 6.30. The van der Waals surface area contributed by atoms with E-state index in [1.807, 2.05) is 6.07 Å². The van der Waals surface area contributed by atoms with Gasteiger partial charge in [-0.1, -0.05) is 25.4 Å². The van der Waals surface area contributed by atoms with Crippen molar-refractivity contribution in [2.24, 2.45) is 0 Å². The Morgan fingerprint density at radius 3 is 2.68 bits per heavy atom. The summed E-state index contributed by atoms with van der Waals surface area (Å²) in [5.74, 6) is 1.21. The molecule has 0 saturated carbocycles. The van der Waals surface area contributed by atoms with Crippen molar-refractivity contribution >= 4 is 11.6 Å². The molecule has 5 heteroatoms. The highest BCUT2D eigenvalue weighted by Crippen LogP contribution is 2.34. The molecule has 19 heavy (non-hydrogen) atoms. The number of hydrogen-bond acceptors (Lipinski definition) is 3. The molecule has 0 fully saturated rings. The molecule has 0 radical (unpaired) electrons. The fraction of sp³-hybridized carbons (Fsp3) is 0.571. The third-order valence-corrected chi connectivity index (χ3v) is 2.76. The number of benzene rings is 1. The molecule has 1 N–H and O–H groups in total. The monoisotopic (exact) mass is 289 g/mol. The van der Waals surface area contributed by atoms with Gasteiger partial charge in [0.2, 0.25) is 0 Å². The van der Waals surface area contributed by atoms with Gasteiger partial charge in [-0.3, -0.25) is 4.39 Å². The Bertz CT molecular complexity index is 399. The molecule has 1 aromatic carbocycles. The molecular weight excluding hydrogens is 269 g/mol. The van der Waals surface area contributed by atoms with E-state index in [2.05, 4.69) is 19.2 Å². The van der Waals surface area contributed by atoms with E-state index in [0.29, 0.717) is 42.1 Å². The van der Waals surface area contributed by atoms with Crippen LogP contribution >= 0.6 is 11.6 Å². The van der Waals surface area contributed by atoms with Gasteiger partial charge < -0.3 is 14.8 Å². The van der Waals surface area contributed by atoms with Crippen LogP contribution < -0.4 is 14.8 Å². The number of rotatable bonds is 8. The number of alkyl halides is 1. The third-order valence-electron chi connectivity index (χ3n) is 2.54. The van der Waals surface area contributed by atoms with E-state index in [1.54, 1.807) is 13.2 Å². The zero-order valence-electron chi connectivity index (χ0n) is 11.6. The lowest BCUT2D eigenvalue weighted by molar-refractivity contribution is 0.270. The summed E-state index contributed by atoms with van der Waals surface area (Å²) in [4.78, 5) is 0. The molecule has 0 heterocycles. The first-order chi connectivity index (χ1) is 9.08. The summed E-state index contributed by atoms with van der Waals surface area (Å²) in [7, 11) is 1.56. The van der Waals surface area contributed by atoms with E-state index in [9.17, 15) is 4.39 Å². The van der Waals surface area contributed by atoms with E-state index in [4.69, 9.17) is 21.1 Å². The Hall–Kier alpha value is -1.00. The molecular formula is C14H21ClFNO2. The summed E-state index contributed by atoms with van der Waals surface area (Å²) in [5, 5.41) is 3.90. The van der Waals surface area contributed by atoms with Gasteiger partial charge in [0.1, 0.15) is 0 Å². The smallest absolute Gasteiger partial charge is 0.165 e. The molecule has 0 aromatic heterocycles. The molecule has 0 atom stereocenters. The molecule has 0 aliphatic carbocycles. The van der Waals surface area contributed by atoms with Crippen LogP contribution in [0.25, 0.3) is 0 Å². The van der Waals surface area contributed by atoms with Crippen LogP contribution in [0.5, 0.6) is 11.5 Å². The summed E-state index contributed by atoms with van der Waals surface area (Å²) in [6, 6.07) is 3.89. The van der Waals surface area contributed by atoms with E-state index in [0.717, 1.165) is 5.56 Å². The molecule has 3 nitrogen and oxygen atoms in total. The Morgan fingerprint density at radius 2 is 2.11 bits per heavy atom. The molecule has 0 saturated heterocycles. The maximum Gasteiger partial charge on any atom is 0.165 e. The fourth-order valence-corrected chi connectivity index (χ4v) is 1.84. The minimum absolute atomic E-state index is 0.323. The number of ether oxygens (including phenoxy) is 2. The SMILES string of the molecule is COc1cc(Cl)cc(CNC(C)C)c1OCCCF. The second-order valence-corrected chi connectivity index (χ2v) is 4.96. The van der Waals surface area contributed by atoms with Crippen molar-refractivity contribution in [2.45, 2.75) is 32.9 Å².